The summed E-state index contributed by atoms with van der Waals surface area (Å²) in [6.07, 6.45) is 5.94. The van der Waals surface area contributed by atoms with Crippen molar-refractivity contribution in [1.29, 1.82) is 0 Å². The van der Waals surface area contributed by atoms with E-state index in [9.17, 15) is 0 Å². The second kappa shape index (κ2) is 4.84. The molecule has 0 N–H and O–H groups in total. The summed E-state index contributed by atoms with van der Waals surface area (Å²) in [6, 6.07) is 0.747. The zero-order chi connectivity index (χ0) is 10.8. The molecular weight excluding hydrogens is 186 g/mol. The van der Waals surface area contributed by atoms with Gasteiger partial charge in [-0.25, -0.2) is 0 Å². The van der Waals surface area contributed by atoms with Crippen molar-refractivity contribution in [3.05, 3.63) is 0 Å². The molecule has 2 nitrogen and oxygen atoms in total. The maximum absolute atomic E-state index is 5.42. The van der Waals surface area contributed by atoms with Crippen molar-refractivity contribution in [2.24, 2.45) is 11.8 Å². The van der Waals surface area contributed by atoms with Crippen LogP contribution in [0, 0.1) is 11.8 Å². The largest absolute Gasteiger partial charge is 0.381 e. The van der Waals surface area contributed by atoms with Crippen LogP contribution in [0.3, 0.4) is 0 Å². The first kappa shape index (κ1) is 11.4. The van der Waals surface area contributed by atoms with Crippen LogP contribution >= 0.6 is 0 Å². The molecule has 0 radical (unpaired) electrons. The molecule has 1 heterocycles. The van der Waals surface area contributed by atoms with Gasteiger partial charge < -0.3 is 9.64 Å². The molecular formula is C13H25NO. The standard InChI is InChI=1S/C13H25NO/c1-10(2)14-8-12(9-14)11-4-6-13(15-3)7-5-11/h10-13H,4-9H2,1-3H3. The van der Waals surface area contributed by atoms with Crippen LogP contribution in [-0.4, -0.2) is 37.2 Å². The van der Waals surface area contributed by atoms with E-state index in [4.69, 9.17) is 4.74 Å². The third kappa shape index (κ3) is 2.54. The van der Waals surface area contributed by atoms with Crippen LogP contribution in [0.1, 0.15) is 39.5 Å². The number of rotatable bonds is 3. The van der Waals surface area contributed by atoms with Crippen molar-refractivity contribution in [3.63, 3.8) is 0 Å². The van der Waals surface area contributed by atoms with Gasteiger partial charge >= 0.3 is 0 Å². The summed E-state index contributed by atoms with van der Waals surface area (Å²) >= 11 is 0. The van der Waals surface area contributed by atoms with Crippen LogP contribution < -0.4 is 0 Å². The molecule has 15 heavy (non-hydrogen) atoms. The van der Waals surface area contributed by atoms with Crippen LogP contribution in [0.25, 0.3) is 0 Å². The molecule has 2 rings (SSSR count). The Kier molecular flexibility index (Phi) is 3.68. The predicted octanol–water partition coefficient (Wildman–Crippen LogP) is 2.53. The van der Waals surface area contributed by atoms with Gasteiger partial charge in [-0.05, 0) is 51.4 Å². The number of hydrogen-bond acceptors (Lipinski definition) is 2. The normalized spacial score (nSPS) is 34.4. The molecule has 1 aliphatic heterocycles. The van der Waals surface area contributed by atoms with Crippen molar-refractivity contribution in [1.82, 2.24) is 4.90 Å². The lowest BCUT2D eigenvalue weighted by Crippen LogP contribution is -2.53. The lowest BCUT2D eigenvalue weighted by atomic mass is 9.75. The van der Waals surface area contributed by atoms with Gasteiger partial charge in [-0.3, -0.25) is 0 Å². The van der Waals surface area contributed by atoms with Crippen molar-refractivity contribution >= 4 is 0 Å². The van der Waals surface area contributed by atoms with E-state index in [1.807, 2.05) is 7.11 Å². The number of methoxy groups -OCH3 is 1. The van der Waals surface area contributed by atoms with E-state index < -0.39 is 0 Å². The van der Waals surface area contributed by atoms with E-state index in [-0.39, 0.29) is 0 Å². The molecule has 0 aromatic carbocycles. The Balaban J connectivity index is 1.70. The Labute approximate surface area is 94.0 Å². The molecule has 1 saturated heterocycles. The predicted molar refractivity (Wildman–Crippen MR) is 63.0 cm³/mol. The van der Waals surface area contributed by atoms with Crippen molar-refractivity contribution in [2.45, 2.75) is 51.7 Å². The number of ether oxygens (including phenoxy) is 1. The molecule has 2 heteroatoms. The zero-order valence-electron chi connectivity index (χ0n) is 10.4. The van der Waals surface area contributed by atoms with Gasteiger partial charge in [-0.2, -0.15) is 0 Å². The van der Waals surface area contributed by atoms with Crippen LogP contribution in [-0.2, 0) is 4.74 Å². The van der Waals surface area contributed by atoms with Crippen molar-refractivity contribution in [2.75, 3.05) is 20.2 Å². The molecule has 0 spiro atoms. The monoisotopic (exact) mass is 211 g/mol. The van der Waals surface area contributed by atoms with E-state index in [1.165, 1.54) is 38.8 Å². The van der Waals surface area contributed by atoms with Crippen molar-refractivity contribution < 1.29 is 4.74 Å². The topological polar surface area (TPSA) is 12.5 Å². The summed E-state index contributed by atoms with van der Waals surface area (Å²) in [7, 11) is 1.86. The van der Waals surface area contributed by atoms with Gasteiger partial charge in [-0.15, -0.1) is 0 Å². The molecule has 2 fully saturated rings. The maximum Gasteiger partial charge on any atom is 0.0571 e. The summed E-state index contributed by atoms with van der Waals surface area (Å²) in [6.45, 7) is 7.30. The van der Waals surface area contributed by atoms with Crippen LogP contribution in [0.5, 0.6) is 0 Å². The molecule has 0 unspecified atom stereocenters. The molecule has 2 aliphatic rings. The Morgan fingerprint density at radius 2 is 1.60 bits per heavy atom. The molecule has 0 amide bonds. The molecule has 1 saturated carbocycles. The average molecular weight is 211 g/mol. The van der Waals surface area contributed by atoms with Gasteiger partial charge in [0, 0.05) is 26.2 Å². The van der Waals surface area contributed by atoms with Gasteiger partial charge in [0.05, 0.1) is 6.10 Å². The first-order valence-electron chi connectivity index (χ1n) is 6.47. The van der Waals surface area contributed by atoms with Gasteiger partial charge in [0.15, 0.2) is 0 Å². The number of hydrogen-bond donors (Lipinski definition) is 0. The lowest BCUT2D eigenvalue weighted by molar-refractivity contribution is -0.00792. The van der Waals surface area contributed by atoms with E-state index in [0.29, 0.717) is 6.10 Å². The second-order valence-electron chi connectivity index (χ2n) is 5.58. The van der Waals surface area contributed by atoms with Gasteiger partial charge in [0.1, 0.15) is 0 Å². The Bertz CT molecular complexity index is 191. The molecule has 0 aromatic heterocycles. The fourth-order valence-corrected chi connectivity index (χ4v) is 3.06. The Hall–Kier alpha value is -0.0800. The highest BCUT2D eigenvalue weighted by molar-refractivity contribution is 4.89. The van der Waals surface area contributed by atoms with E-state index in [2.05, 4.69) is 18.7 Å². The zero-order valence-corrected chi connectivity index (χ0v) is 10.4. The smallest absolute Gasteiger partial charge is 0.0571 e. The molecule has 88 valence electrons. The average Bonchev–Trinajstić information content (AvgIpc) is 2.16. The molecule has 1 aliphatic carbocycles. The summed E-state index contributed by atoms with van der Waals surface area (Å²) in [5.74, 6) is 1.98. The SMILES string of the molecule is COC1CCC(C2CN(C(C)C)C2)CC1. The van der Waals surface area contributed by atoms with E-state index in [1.54, 1.807) is 0 Å². The fraction of sp³-hybridized carbons (Fsp3) is 1.00. The number of likely N-dealkylation sites (tertiary alicyclic amines) is 1. The van der Waals surface area contributed by atoms with Gasteiger partial charge in [0.25, 0.3) is 0 Å². The summed E-state index contributed by atoms with van der Waals surface area (Å²) in [4.78, 5) is 2.59. The highest BCUT2D eigenvalue weighted by Gasteiger charge is 2.36. The highest BCUT2D eigenvalue weighted by Crippen LogP contribution is 2.36. The minimum atomic E-state index is 0.558. The molecule has 0 bridgehead atoms. The van der Waals surface area contributed by atoms with Gasteiger partial charge in [0.2, 0.25) is 0 Å². The van der Waals surface area contributed by atoms with E-state index in [0.717, 1.165) is 17.9 Å². The first-order valence-corrected chi connectivity index (χ1v) is 6.47. The van der Waals surface area contributed by atoms with Crippen LogP contribution in [0.15, 0.2) is 0 Å². The van der Waals surface area contributed by atoms with Crippen LogP contribution in [0.2, 0.25) is 0 Å². The quantitative estimate of drug-likeness (QED) is 0.711. The highest BCUT2D eigenvalue weighted by atomic mass is 16.5. The van der Waals surface area contributed by atoms with Crippen molar-refractivity contribution in [3.8, 4) is 0 Å². The second-order valence-corrected chi connectivity index (χ2v) is 5.58. The van der Waals surface area contributed by atoms with Crippen LogP contribution in [0.4, 0.5) is 0 Å². The Morgan fingerprint density at radius 1 is 1.00 bits per heavy atom. The number of nitrogens with zero attached hydrogens (tertiary/aromatic N) is 1. The lowest BCUT2D eigenvalue weighted by Gasteiger charge is -2.47. The third-order valence-electron chi connectivity index (χ3n) is 4.39. The minimum Gasteiger partial charge on any atom is -0.381 e. The first-order chi connectivity index (χ1) is 7.20. The van der Waals surface area contributed by atoms with E-state index >= 15 is 0 Å². The van der Waals surface area contributed by atoms with Gasteiger partial charge in [-0.1, -0.05) is 0 Å². The molecule has 0 atom stereocenters. The summed E-state index contributed by atoms with van der Waals surface area (Å²) in [5.41, 5.74) is 0. The fourth-order valence-electron chi connectivity index (χ4n) is 3.06. The molecule has 0 aromatic rings. The minimum absolute atomic E-state index is 0.558. The summed E-state index contributed by atoms with van der Waals surface area (Å²) in [5, 5.41) is 0. The Morgan fingerprint density at radius 3 is 2.07 bits per heavy atom. The third-order valence-corrected chi connectivity index (χ3v) is 4.39. The summed E-state index contributed by atoms with van der Waals surface area (Å²) < 4.78 is 5.42. The maximum atomic E-state index is 5.42.